The van der Waals surface area contributed by atoms with Gasteiger partial charge in [0.1, 0.15) is 11.5 Å². The summed E-state index contributed by atoms with van der Waals surface area (Å²) in [5, 5.41) is 0. The highest BCUT2D eigenvalue weighted by Crippen LogP contribution is 2.26. The molecule has 2 heterocycles. The van der Waals surface area contributed by atoms with Crippen molar-refractivity contribution in [2.45, 2.75) is 17.9 Å². The van der Waals surface area contributed by atoms with Crippen LogP contribution < -0.4 is 14.4 Å². The Bertz CT molecular complexity index is 1180. The lowest BCUT2D eigenvalue weighted by atomic mass is 10.1. The van der Waals surface area contributed by atoms with Gasteiger partial charge < -0.3 is 14.1 Å². The van der Waals surface area contributed by atoms with E-state index in [0.717, 1.165) is 37.6 Å². The van der Waals surface area contributed by atoms with Crippen molar-refractivity contribution in [3.63, 3.8) is 0 Å². The van der Waals surface area contributed by atoms with Gasteiger partial charge in [-0.05, 0) is 55.5 Å². The Morgan fingerprint density at radius 1 is 1.03 bits per heavy atom. The number of carbonyl (C=O) groups excluding carboxylic acids is 1. The number of rotatable bonds is 9. The minimum Gasteiger partial charge on any atom is -0.497 e. The molecule has 1 saturated heterocycles. The van der Waals surface area contributed by atoms with E-state index in [0.29, 0.717) is 11.3 Å². The summed E-state index contributed by atoms with van der Waals surface area (Å²) in [5.41, 5.74) is 1.60. The fourth-order valence-corrected chi connectivity index (χ4v) is 5.15. The van der Waals surface area contributed by atoms with Crippen molar-refractivity contribution in [1.82, 2.24) is 9.62 Å². The number of sulfonamides is 1. The number of anilines is 1. The Balaban J connectivity index is 1.43. The molecule has 0 saturated carbocycles. The molecule has 1 aliphatic heterocycles. The van der Waals surface area contributed by atoms with Crippen molar-refractivity contribution in [3.05, 3.63) is 78.3 Å². The van der Waals surface area contributed by atoms with Crippen molar-refractivity contribution < 1.29 is 22.4 Å². The number of nitrogens with zero attached hydrogens (tertiary/aromatic N) is 2. The summed E-state index contributed by atoms with van der Waals surface area (Å²) in [7, 11) is -2.09. The molecule has 0 spiro atoms. The van der Waals surface area contributed by atoms with Crippen molar-refractivity contribution in [2.75, 3.05) is 44.7 Å². The molecule has 1 atom stereocenters. The minimum absolute atomic E-state index is 0.108. The van der Waals surface area contributed by atoms with E-state index in [9.17, 15) is 13.2 Å². The molecule has 2 aromatic carbocycles. The molecule has 34 heavy (non-hydrogen) atoms. The quantitative estimate of drug-likeness (QED) is 0.467. The van der Waals surface area contributed by atoms with Crippen LogP contribution in [0.4, 0.5) is 5.69 Å². The number of furan rings is 1. The second kappa shape index (κ2) is 10.4. The highest BCUT2D eigenvalue weighted by atomic mass is 32.2. The molecule has 0 radical (unpaired) electrons. The molecule has 8 nitrogen and oxygen atoms in total. The molecular formula is C25H29N3O5S. The number of ketones is 1. The van der Waals surface area contributed by atoms with E-state index in [1.54, 1.807) is 13.4 Å². The van der Waals surface area contributed by atoms with Gasteiger partial charge in [-0.25, -0.2) is 13.1 Å². The number of ether oxygens (including phenoxy) is 1. The topological polar surface area (TPSA) is 92.1 Å². The molecule has 0 bridgehead atoms. The van der Waals surface area contributed by atoms with Crippen molar-refractivity contribution >= 4 is 21.5 Å². The average Bonchev–Trinajstić information content (AvgIpc) is 3.39. The maximum absolute atomic E-state index is 12.9. The highest BCUT2D eigenvalue weighted by Gasteiger charge is 2.28. The molecule has 180 valence electrons. The Morgan fingerprint density at radius 2 is 1.71 bits per heavy atom. The summed E-state index contributed by atoms with van der Waals surface area (Å²) in [6, 6.07) is 17.4. The van der Waals surface area contributed by atoms with E-state index in [1.807, 2.05) is 36.4 Å². The molecule has 3 aromatic rings. The number of methoxy groups -OCH3 is 1. The van der Waals surface area contributed by atoms with Gasteiger partial charge in [-0.1, -0.05) is 12.1 Å². The predicted octanol–water partition coefficient (Wildman–Crippen LogP) is 3.33. The van der Waals surface area contributed by atoms with Crippen molar-refractivity contribution in [1.29, 1.82) is 0 Å². The predicted molar refractivity (Wildman–Crippen MR) is 130 cm³/mol. The monoisotopic (exact) mass is 483 g/mol. The first-order valence-corrected chi connectivity index (χ1v) is 12.6. The van der Waals surface area contributed by atoms with E-state index >= 15 is 0 Å². The molecule has 0 amide bonds. The fourth-order valence-electron chi connectivity index (χ4n) is 4.12. The average molecular weight is 484 g/mol. The van der Waals surface area contributed by atoms with Crippen LogP contribution in [0.25, 0.3) is 0 Å². The molecule has 1 unspecified atom stereocenters. The van der Waals surface area contributed by atoms with Crippen LogP contribution in [0.5, 0.6) is 5.75 Å². The second-order valence-corrected chi connectivity index (χ2v) is 9.95. The van der Waals surface area contributed by atoms with Gasteiger partial charge in [0.25, 0.3) is 0 Å². The Kier molecular flexibility index (Phi) is 7.35. The SMILES string of the molecule is COc1ccc(N2CCN(C(CNS(=O)(=O)c3ccc(C(C)=O)cc3)c3ccco3)CC2)cc1. The minimum atomic E-state index is -3.74. The van der Waals surface area contributed by atoms with Crippen LogP contribution >= 0.6 is 0 Å². The van der Waals surface area contributed by atoms with Gasteiger partial charge in [-0.2, -0.15) is 0 Å². The van der Waals surface area contributed by atoms with Gasteiger partial charge in [-0.15, -0.1) is 0 Å². The molecular weight excluding hydrogens is 454 g/mol. The first-order chi connectivity index (χ1) is 16.4. The summed E-state index contributed by atoms with van der Waals surface area (Å²) in [4.78, 5) is 16.1. The molecule has 1 aliphatic rings. The lowest BCUT2D eigenvalue weighted by Gasteiger charge is -2.39. The third kappa shape index (κ3) is 5.49. The summed E-state index contributed by atoms with van der Waals surface area (Å²) in [6.07, 6.45) is 1.60. The first kappa shape index (κ1) is 24.0. The second-order valence-electron chi connectivity index (χ2n) is 8.18. The van der Waals surface area contributed by atoms with Gasteiger partial charge in [-0.3, -0.25) is 9.69 Å². The Morgan fingerprint density at radius 3 is 2.26 bits per heavy atom. The zero-order chi connectivity index (χ0) is 24.1. The number of hydrogen-bond donors (Lipinski definition) is 1. The van der Waals surface area contributed by atoms with E-state index in [4.69, 9.17) is 9.15 Å². The van der Waals surface area contributed by atoms with Crippen LogP contribution in [0.15, 0.2) is 76.2 Å². The maximum Gasteiger partial charge on any atom is 0.240 e. The van der Waals surface area contributed by atoms with Crippen molar-refractivity contribution in [3.8, 4) is 5.75 Å². The van der Waals surface area contributed by atoms with E-state index in [1.165, 1.54) is 31.2 Å². The first-order valence-electron chi connectivity index (χ1n) is 11.1. The number of Topliss-reactive ketones (excluding diaryl/α,β-unsaturated/α-hetero) is 1. The van der Waals surface area contributed by atoms with Gasteiger partial charge in [0.05, 0.1) is 24.3 Å². The number of benzene rings is 2. The van der Waals surface area contributed by atoms with Crippen LogP contribution in [0.1, 0.15) is 29.1 Å². The van der Waals surface area contributed by atoms with Crippen LogP contribution in [0.2, 0.25) is 0 Å². The number of hydrogen-bond acceptors (Lipinski definition) is 7. The number of carbonyl (C=O) groups is 1. The zero-order valence-electron chi connectivity index (χ0n) is 19.3. The van der Waals surface area contributed by atoms with E-state index in [2.05, 4.69) is 14.5 Å². The molecule has 9 heteroatoms. The standard InChI is InChI=1S/C25H29N3O5S/c1-19(29)20-5-11-23(12-6-20)34(30,31)26-18-24(25-4-3-17-33-25)28-15-13-27(14-16-28)21-7-9-22(32-2)10-8-21/h3-12,17,24,26H,13-16,18H2,1-2H3. The van der Waals surface area contributed by atoms with Crippen LogP contribution in [-0.4, -0.2) is 58.9 Å². The molecule has 1 N–H and O–H groups in total. The smallest absolute Gasteiger partial charge is 0.240 e. The zero-order valence-corrected chi connectivity index (χ0v) is 20.1. The molecule has 4 rings (SSSR count). The number of nitrogens with one attached hydrogen (secondary N) is 1. The van der Waals surface area contributed by atoms with Gasteiger partial charge in [0.2, 0.25) is 10.0 Å². The molecule has 1 fully saturated rings. The third-order valence-corrected chi connectivity index (χ3v) is 7.54. The Labute approximate surface area is 200 Å². The van der Waals surface area contributed by atoms with E-state index in [-0.39, 0.29) is 23.3 Å². The summed E-state index contributed by atoms with van der Waals surface area (Å²) >= 11 is 0. The Hall–Kier alpha value is -3.14. The highest BCUT2D eigenvalue weighted by molar-refractivity contribution is 7.89. The number of piperazine rings is 1. The lowest BCUT2D eigenvalue weighted by Crippen LogP contribution is -2.49. The fraction of sp³-hybridized carbons (Fsp3) is 0.320. The molecule has 1 aromatic heterocycles. The van der Waals surface area contributed by atoms with Crippen LogP contribution in [0, 0.1) is 0 Å². The summed E-state index contributed by atoms with van der Waals surface area (Å²) in [6.45, 7) is 4.75. The maximum atomic E-state index is 12.9. The lowest BCUT2D eigenvalue weighted by molar-refractivity contribution is 0.101. The normalized spacial score (nSPS) is 15.8. The van der Waals surface area contributed by atoms with Crippen LogP contribution in [0.3, 0.4) is 0 Å². The third-order valence-electron chi connectivity index (χ3n) is 6.10. The van der Waals surface area contributed by atoms with Crippen LogP contribution in [-0.2, 0) is 10.0 Å². The van der Waals surface area contributed by atoms with Crippen molar-refractivity contribution in [2.24, 2.45) is 0 Å². The van der Waals surface area contributed by atoms with E-state index < -0.39 is 10.0 Å². The summed E-state index contributed by atoms with van der Waals surface area (Å²) in [5.74, 6) is 1.43. The van der Waals surface area contributed by atoms with Gasteiger partial charge in [0.15, 0.2) is 5.78 Å². The molecule has 0 aliphatic carbocycles. The summed E-state index contributed by atoms with van der Waals surface area (Å²) < 4.78 is 39.4. The van der Waals surface area contributed by atoms with Gasteiger partial charge in [0, 0.05) is 44.0 Å². The largest absolute Gasteiger partial charge is 0.497 e. The van der Waals surface area contributed by atoms with Gasteiger partial charge >= 0.3 is 0 Å².